The van der Waals surface area contributed by atoms with E-state index in [0.717, 1.165) is 41.7 Å². The van der Waals surface area contributed by atoms with E-state index in [0.29, 0.717) is 24.0 Å². The van der Waals surface area contributed by atoms with E-state index >= 15 is 0 Å². The number of pyridine rings is 1. The third kappa shape index (κ3) is 3.23. The van der Waals surface area contributed by atoms with Gasteiger partial charge in [0, 0.05) is 30.4 Å². The molecule has 6 heteroatoms. The van der Waals surface area contributed by atoms with E-state index in [4.69, 9.17) is 4.74 Å². The van der Waals surface area contributed by atoms with Crippen LogP contribution in [0.25, 0.3) is 16.9 Å². The van der Waals surface area contributed by atoms with Gasteiger partial charge in [-0.05, 0) is 58.8 Å². The number of benzene rings is 1. The zero-order chi connectivity index (χ0) is 18.1. The minimum absolute atomic E-state index is 0.0318. The van der Waals surface area contributed by atoms with E-state index < -0.39 is 0 Å². The predicted octanol–water partition coefficient (Wildman–Crippen LogP) is 4.01. The normalized spacial score (nSPS) is 16.8. The molecule has 1 aromatic carbocycles. The van der Waals surface area contributed by atoms with Crippen LogP contribution in [0.15, 0.2) is 51.9 Å². The van der Waals surface area contributed by atoms with E-state index in [2.05, 4.69) is 27.8 Å². The fourth-order valence-corrected chi connectivity index (χ4v) is 4.13. The number of fused-ring (bicyclic) bond motifs is 1. The molecule has 0 aliphatic carbocycles. The first-order chi connectivity index (χ1) is 12.6. The lowest BCUT2D eigenvalue weighted by atomic mass is 9.87. The van der Waals surface area contributed by atoms with Gasteiger partial charge in [-0.2, -0.15) is 0 Å². The molecule has 1 atom stereocenters. The van der Waals surface area contributed by atoms with E-state index in [1.165, 1.54) is 0 Å². The van der Waals surface area contributed by atoms with Gasteiger partial charge in [-0.15, -0.1) is 0 Å². The van der Waals surface area contributed by atoms with Crippen LogP contribution < -0.4 is 5.69 Å². The smallest absolute Gasteiger partial charge is 0.334 e. The Morgan fingerprint density at radius 2 is 2.00 bits per heavy atom. The summed E-state index contributed by atoms with van der Waals surface area (Å²) in [5.74, 6) is 0.997. The Bertz CT molecular complexity index is 958. The summed E-state index contributed by atoms with van der Waals surface area (Å²) in [6, 6.07) is 11.7. The molecule has 0 spiro atoms. The Hall–Kier alpha value is -1.92. The van der Waals surface area contributed by atoms with Crippen LogP contribution in [0.5, 0.6) is 0 Å². The molecule has 136 valence electrons. The third-order valence-corrected chi connectivity index (χ3v) is 5.73. The largest absolute Gasteiger partial charge is 0.381 e. The average molecular weight is 416 g/mol. The molecule has 1 unspecified atom stereocenters. The molecule has 0 saturated carbocycles. The molecule has 5 nitrogen and oxygen atoms in total. The van der Waals surface area contributed by atoms with Crippen LogP contribution in [0.4, 0.5) is 0 Å². The Kier molecular flexibility index (Phi) is 4.96. The quantitative estimate of drug-likeness (QED) is 0.646. The van der Waals surface area contributed by atoms with Gasteiger partial charge in [0.2, 0.25) is 0 Å². The van der Waals surface area contributed by atoms with Crippen molar-refractivity contribution in [3.8, 4) is 5.69 Å². The number of halogens is 1. The minimum atomic E-state index is -0.0318. The number of rotatable bonds is 4. The van der Waals surface area contributed by atoms with Gasteiger partial charge in [0.25, 0.3) is 0 Å². The third-order valence-electron chi connectivity index (χ3n) is 5.29. The first kappa shape index (κ1) is 17.5. The number of ether oxygens (including phenoxy) is 1. The molecule has 3 heterocycles. The molecule has 0 N–H and O–H groups in total. The summed E-state index contributed by atoms with van der Waals surface area (Å²) in [5, 5.41) is 0. The Labute approximate surface area is 160 Å². The number of para-hydroxylation sites is 1. The van der Waals surface area contributed by atoms with E-state index in [1.54, 1.807) is 10.8 Å². The molecular weight excluding hydrogens is 394 g/mol. The maximum Gasteiger partial charge on any atom is 0.334 e. The summed E-state index contributed by atoms with van der Waals surface area (Å²) in [6.07, 6.45) is 3.87. The fourth-order valence-electron chi connectivity index (χ4n) is 3.81. The molecule has 4 rings (SSSR count). The van der Waals surface area contributed by atoms with E-state index in [1.807, 2.05) is 41.0 Å². The predicted molar refractivity (Wildman–Crippen MR) is 106 cm³/mol. The number of nitrogens with zero attached hydrogens (tertiary/aromatic N) is 3. The molecule has 1 fully saturated rings. The summed E-state index contributed by atoms with van der Waals surface area (Å²) >= 11 is 3.50. The van der Waals surface area contributed by atoms with Crippen LogP contribution in [-0.2, 0) is 11.3 Å². The highest BCUT2D eigenvalue weighted by Gasteiger charge is 2.24. The van der Waals surface area contributed by atoms with Gasteiger partial charge in [0.05, 0.1) is 11.2 Å². The maximum absolute atomic E-state index is 13.3. The molecule has 3 aromatic rings. The van der Waals surface area contributed by atoms with Gasteiger partial charge >= 0.3 is 5.69 Å². The van der Waals surface area contributed by atoms with Crippen molar-refractivity contribution in [3.63, 3.8) is 0 Å². The highest BCUT2D eigenvalue weighted by molar-refractivity contribution is 9.10. The second-order valence-corrected chi connectivity index (χ2v) is 7.90. The van der Waals surface area contributed by atoms with Gasteiger partial charge in [-0.25, -0.2) is 14.3 Å². The average Bonchev–Trinajstić information content (AvgIpc) is 2.94. The molecule has 0 amide bonds. The molecular formula is C20H22BrN3O2. The van der Waals surface area contributed by atoms with Crippen LogP contribution in [0.3, 0.4) is 0 Å². The highest BCUT2D eigenvalue weighted by Crippen LogP contribution is 2.26. The Morgan fingerprint density at radius 1 is 1.27 bits per heavy atom. The molecule has 0 radical (unpaired) electrons. The lowest BCUT2D eigenvalue weighted by molar-refractivity contribution is 0.0467. The minimum Gasteiger partial charge on any atom is -0.381 e. The standard InChI is InChI=1S/C20H22BrN3O2/c1-14(15-7-9-26-10-8-15)13-23-18-11-16(21)12-22-19(18)24(20(23)25)17-5-3-2-4-6-17/h2-6,11-12,14-15H,7-10,13H2,1H3. The van der Waals surface area contributed by atoms with Gasteiger partial charge in [0.15, 0.2) is 5.65 Å². The van der Waals surface area contributed by atoms with Gasteiger partial charge in [-0.3, -0.25) is 4.57 Å². The lowest BCUT2D eigenvalue weighted by Crippen LogP contribution is -2.30. The zero-order valence-corrected chi connectivity index (χ0v) is 16.4. The molecule has 2 aromatic heterocycles. The van der Waals surface area contributed by atoms with Crippen LogP contribution in [0.1, 0.15) is 19.8 Å². The summed E-state index contributed by atoms with van der Waals surface area (Å²) in [6.45, 7) is 4.57. The lowest BCUT2D eigenvalue weighted by Gasteiger charge is -2.27. The van der Waals surface area contributed by atoms with Crippen molar-refractivity contribution in [1.29, 1.82) is 0 Å². The Balaban J connectivity index is 1.80. The number of imidazole rings is 1. The van der Waals surface area contributed by atoms with Crippen molar-refractivity contribution in [1.82, 2.24) is 14.1 Å². The first-order valence-corrected chi connectivity index (χ1v) is 9.84. The molecule has 0 bridgehead atoms. The van der Waals surface area contributed by atoms with Gasteiger partial charge < -0.3 is 4.74 Å². The number of hydrogen-bond donors (Lipinski definition) is 0. The van der Waals surface area contributed by atoms with Gasteiger partial charge in [0.1, 0.15) is 0 Å². The SMILES string of the molecule is CC(Cn1c(=O)n(-c2ccccc2)c2ncc(Br)cc21)C1CCOCC1. The highest BCUT2D eigenvalue weighted by atomic mass is 79.9. The summed E-state index contributed by atoms with van der Waals surface area (Å²) in [5.41, 5.74) is 2.38. The number of aromatic nitrogens is 3. The molecule has 26 heavy (non-hydrogen) atoms. The van der Waals surface area contributed by atoms with Gasteiger partial charge in [-0.1, -0.05) is 25.1 Å². The second kappa shape index (κ2) is 7.37. The summed E-state index contributed by atoms with van der Waals surface area (Å²) < 4.78 is 9.94. The topological polar surface area (TPSA) is 49.0 Å². The van der Waals surface area contributed by atoms with Crippen LogP contribution in [-0.4, -0.2) is 27.3 Å². The summed E-state index contributed by atoms with van der Waals surface area (Å²) in [7, 11) is 0. The van der Waals surface area contributed by atoms with Crippen molar-refractivity contribution in [2.45, 2.75) is 26.3 Å². The molecule has 1 saturated heterocycles. The second-order valence-electron chi connectivity index (χ2n) is 6.99. The molecule has 1 aliphatic rings. The van der Waals surface area contributed by atoms with Crippen LogP contribution in [0.2, 0.25) is 0 Å². The van der Waals surface area contributed by atoms with Crippen LogP contribution >= 0.6 is 15.9 Å². The van der Waals surface area contributed by atoms with Crippen molar-refractivity contribution < 1.29 is 4.74 Å². The Morgan fingerprint density at radius 3 is 2.73 bits per heavy atom. The molecule has 1 aliphatic heterocycles. The van der Waals surface area contributed by atoms with Crippen molar-refractivity contribution in [3.05, 3.63) is 57.6 Å². The zero-order valence-electron chi connectivity index (χ0n) is 14.8. The monoisotopic (exact) mass is 415 g/mol. The van der Waals surface area contributed by atoms with Crippen LogP contribution in [0, 0.1) is 11.8 Å². The van der Waals surface area contributed by atoms with Crippen molar-refractivity contribution in [2.24, 2.45) is 11.8 Å². The summed E-state index contributed by atoms with van der Waals surface area (Å²) in [4.78, 5) is 17.8. The number of hydrogen-bond acceptors (Lipinski definition) is 3. The fraction of sp³-hybridized carbons (Fsp3) is 0.400. The van der Waals surface area contributed by atoms with Crippen molar-refractivity contribution >= 4 is 27.1 Å². The van der Waals surface area contributed by atoms with Crippen molar-refractivity contribution in [2.75, 3.05) is 13.2 Å². The first-order valence-electron chi connectivity index (χ1n) is 9.05. The van der Waals surface area contributed by atoms with E-state index in [-0.39, 0.29) is 5.69 Å². The van der Waals surface area contributed by atoms with E-state index in [9.17, 15) is 4.79 Å². The maximum atomic E-state index is 13.3.